The molecule has 3 N–H and O–H groups in total. The summed E-state index contributed by atoms with van der Waals surface area (Å²) in [4.78, 5) is 11.4. The number of benzene rings is 1. The fourth-order valence-electron chi connectivity index (χ4n) is 5.40. The van der Waals surface area contributed by atoms with Gasteiger partial charge in [-0.05, 0) is 49.1 Å². The Morgan fingerprint density at radius 1 is 1.21 bits per heavy atom. The molecular weight excluding hydrogens is 350 g/mol. The maximum absolute atomic E-state index is 6.56. The van der Waals surface area contributed by atoms with Crippen LogP contribution in [0.15, 0.2) is 30.6 Å². The molecule has 2 aromatic rings. The van der Waals surface area contributed by atoms with Crippen LogP contribution in [0.3, 0.4) is 0 Å². The predicted molar refractivity (Wildman–Crippen MR) is 114 cm³/mol. The number of hydrogen-bond donors (Lipinski definition) is 2. The van der Waals surface area contributed by atoms with E-state index in [1.165, 1.54) is 19.3 Å². The molecule has 0 spiro atoms. The van der Waals surface area contributed by atoms with E-state index in [1.54, 1.807) is 6.33 Å². The second-order valence-electron chi connectivity index (χ2n) is 9.36. The fraction of sp³-hybridized carbons (Fsp3) is 0.545. The number of nitrogens with zero attached hydrogens (tertiary/aromatic N) is 3. The van der Waals surface area contributed by atoms with Gasteiger partial charge in [0.1, 0.15) is 17.8 Å². The number of fused-ring (bicyclic) bond motifs is 2. The van der Waals surface area contributed by atoms with Crippen molar-refractivity contribution in [2.75, 3.05) is 29.1 Å². The number of ether oxygens (including phenoxy) is 1. The summed E-state index contributed by atoms with van der Waals surface area (Å²) in [7, 11) is 0. The predicted octanol–water partition coefficient (Wildman–Crippen LogP) is 4.61. The first kappa shape index (κ1) is 18.8. The zero-order valence-electron chi connectivity index (χ0n) is 17.3. The van der Waals surface area contributed by atoms with Crippen molar-refractivity contribution >= 4 is 23.0 Å². The Morgan fingerprint density at radius 2 is 2.00 bits per heavy atom. The Bertz CT molecular complexity index is 868. The van der Waals surface area contributed by atoms with Crippen molar-refractivity contribution in [1.82, 2.24) is 9.97 Å². The molecule has 1 aromatic carbocycles. The summed E-state index contributed by atoms with van der Waals surface area (Å²) in [5.74, 6) is 2.26. The molecule has 2 bridgehead atoms. The first-order chi connectivity index (χ1) is 13.3. The molecule has 0 amide bonds. The number of anilines is 4. The van der Waals surface area contributed by atoms with Crippen molar-refractivity contribution in [3.8, 4) is 5.75 Å². The Kier molecular flexibility index (Phi) is 4.60. The second-order valence-corrected chi connectivity index (χ2v) is 9.36. The van der Waals surface area contributed by atoms with E-state index in [2.05, 4.69) is 41.0 Å². The first-order valence-corrected chi connectivity index (χ1v) is 10.2. The van der Waals surface area contributed by atoms with Crippen LogP contribution in [0.25, 0.3) is 0 Å². The van der Waals surface area contributed by atoms with Crippen LogP contribution in [-0.4, -0.2) is 29.2 Å². The molecule has 6 heteroatoms. The molecule has 4 rings (SSSR count). The molecule has 0 radical (unpaired) electrons. The Hall–Kier alpha value is -2.50. The number of hydrogen-bond acceptors (Lipinski definition) is 6. The van der Waals surface area contributed by atoms with E-state index in [-0.39, 0.29) is 0 Å². The number of nitrogens with one attached hydrogen (secondary N) is 1. The summed E-state index contributed by atoms with van der Waals surface area (Å²) in [5, 5.41) is 3.35. The van der Waals surface area contributed by atoms with Crippen LogP contribution in [0.5, 0.6) is 5.75 Å². The Morgan fingerprint density at radius 3 is 2.79 bits per heavy atom. The molecular formula is C22H31N5O. The molecule has 1 saturated heterocycles. The van der Waals surface area contributed by atoms with Crippen molar-refractivity contribution in [3.05, 3.63) is 30.6 Å². The van der Waals surface area contributed by atoms with Gasteiger partial charge in [0.2, 0.25) is 0 Å². The number of rotatable bonds is 5. The third-order valence-electron chi connectivity index (χ3n) is 5.99. The van der Waals surface area contributed by atoms with E-state index in [4.69, 9.17) is 10.5 Å². The highest BCUT2D eigenvalue weighted by Crippen LogP contribution is 2.54. The normalized spacial score (nSPS) is 25.6. The minimum atomic E-state index is 0.318. The topological polar surface area (TPSA) is 76.3 Å². The lowest BCUT2D eigenvalue weighted by Crippen LogP contribution is -2.35. The maximum atomic E-state index is 6.56. The van der Waals surface area contributed by atoms with Crippen molar-refractivity contribution in [1.29, 1.82) is 0 Å². The fourth-order valence-corrected chi connectivity index (χ4v) is 5.40. The molecule has 2 atom stereocenters. The summed E-state index contributed by atoms with van der Waals surface area (Å²) in [6.45, 7) is 10.7. The Labute approximate surface area is 167 Å². The smallest absolute Gasteiger partial charge is 0.159 e. The average Bonchev–Trinajstić information content (AvgIpc) is 2.87. The van der Waals surface area contributed by atoms with Crippen LogP contribution >= 0.6 is 0 Å². The van der Waals surface area contributed by atoms with Gasteiger partial charge in [-0.2, -0.15) is 0 Å². The molecule has 1 aliphatic heterocycles. The van der Waals surface area contributed by atoms with Crippen LogP contribution in [0.1, 0.15) is 47.0 Å². The summed E-state index contributed by atoms with van der Waals surface area (Å²) >= 11 is 0. The van der Waals surface area contributed by atoms with Gasteiger partial charge < -0.3 is 20.7 Å². The summed E-state index contributed by atoms with van der Waals surface area (Å²) in [6, 6.07) is 8.32. The summed E-state index contributed by atoms with van der Waals surface area (Å²) in [5.41, 5.74) is 8.69. The lowest BCUT2D eigenvalue weighted by molar-refractivity contribution is 0.136. The number of nitrogen functional groups attached to an aromatic ring is 1. The molecule has 1 aromatic heterocycles. The van der Waals surface area contributed by atoms with E-state index < -0.39 is 0 Å². The van der Waals surface area contributed by atoms with Crippen molar-refractivity contribution in [2.24, 2.45) is 10.8 Å². The average molecular weight is 382 g/mol. The van der Waals surface area contributed by atoms with Gasteiger partial charge in [0.05, 0.1) is 12.3 Å². The Balaban J connectivity index is 1.64. The molecule has 1 aliphatic carbocycles. The van der Waals surface area contributed by atoms with E-state index in [9.17, 15) is 0 Å². The highest BCUT2D eigenvalue weighted by Gasteiger charge is 2.50. The van der Waals surface area contributed by atoms with Gasteiger partial charge in [-0.15, -0.1) is 0 Å². The largest absolute Gasteiger partial charge is 0.492 e. The van der Waals surface area contributed by atoms with Gasteiger partial charge in [-0.3, -0.25) is 0 Å². The molecule has 2 heterocycles. The molecule has 28 heavy (non-hydrogen) atoms. The van der Waals surface area contributed by atoms with Crippen molar-refractivity contribution < 1.29 is 4.74 Å². The quantitative estimate of drug-likeness (QED) is 0.788. The maximum Gasteiger partial charge on any atom is 0.159 e. The van der Waals surface area contributed by atoms with E-state index >= 15 is 0 Å². The van der Waals surface area contributed by atoms with Crippen LogP contribution in [0.4, 0.5) is 23.0 Å². The number of para-hydroxylation sites is 2. The highest BCUT2D eigenvalue weighted by atomic mass is 16.5. The van der Waals surface area contributed by atoms with Gasteiger partial charge in [-0.25, -0.2) is 9.97 Å². The van der Waals surface area contributed by atoms with E-state index in [0.717, 1.165) is 23.8 Å². The zero-order valence-corrected chi connectivity index (χ0v) is 17.3. The third kappa shape index (κ3) is 3.48. The number of aromatic nitrogens is 2. The second kappa shape index (κ2) is 6.83. The third-order valence-corrected chi connectivity index (χ3v) is 5.99. The molecule has 6 nitrogen and oxygen atoms in total. The highest BCUT2D eigenvalue weighted by molar-refractivity contribution is 5.80. The molecule has 2 fully saturated rings. The molecule has 150 valence electrons. The van der Waals surface area contributed by atoms with Crippen LogP contribution in [0, 0.1) is 10.8 Å². The van der Waals surface area contributed by atoms with E-state index in [0.29, 0.717) is 35.0 Å². The zero-order chi connectivity index (χ0) is 19.9. The van der Waals surface area contributed by atoms with Crippen molar-refractivity contribution in [2.45, 2.75) is 53.0 Å². The first-order valence-electron chi connectivity index (χ1n) is 10.2. The minimum Gasteiger partial charge on any atom is -0.492 e. The summed E-state index contributed by atoms with van der Waals surface area (Å²) in [6.07, 6.45) is 5.22. The van der Waals surface area contributed by atoms with Crippen LogP contribution < -0.4 is 20.7 Å². The SMILES string of the molecule is CCOc1ccccc1Nc1ncnc(N2CC3(C)CC2CC(C)(C)C3)c1N. The lowest BCUT2D eigenvalue weighted by Gasteiger charge is -2.39. The van der Waals surface area contributed by atoms with Gasteiger partial charge in [0.15, 0.2) is 11.6 Å². The minimum absolute atomic E-state index is 0.318. The van der Waals surface area contributed by atoms with E-state index in [1.807, 2.05) is 31.2 Å². The van der Waals surface area contributed by atoms with Crippen molar-refractivity contribution in [3.63, 3.8) is 0 Å². The van der Waals surface area contributed by atoms with Gasteiger partial charge in [0.25, 0.3) is 0 Å². The van der Waals surface area contributed by atoms with Gasteiger partial charge >= 0.3 is 0 Å². The van der Waals surface area contributed by atoms with Crippen LogP contribution in [-0.2, 0) is 0 Å². The lowest BCUT2D eigenvalue weighted by atomic mass is 9.65. The van der Waals surface area contributed by atoms with Gasteiger partial charge in [-0.1, -0.05) is 32.9 Å². The number of nitrogens with two attached hydrogens (primary N) is 1. The standard InChI is InChI=1S/C22H31N5O/c1-5-28-17-9-7-6-8-16(17)26-19-18(23)20(25-14-24-19)27-13-22(4)11-15(27)10-21(2,3)12-22/h6-9,14-15H,5,10-13,23H2,1-4H3,(H,24,25,26). The molecule has 2 aliphatic rings. The molecule has 1 saturated carbocycles. The van der Waals surface area contributed by atoms with Gasteiger partial charge in [0, 0.05) is 12.6 Å². The molecule has 2 unspecified atom stereocenters. The summed E-state index contributed by atoms with van der Waals surface area (Å²) < 4.78 is 5.71. The monoisotopic (exact) mass is 381 g/mol. The van der Waals surface area contributed by atoms with Crippen LogP contribution in [0.2, 0.25) is 0 Å².